The van der Waals surface area contributed by atoms with E-state index >= 15 is 0 Å². The highest BCUT2D eigenvalue weighted by atomic mass is 35.5. The monoisotopic (exact) mass is 241 g/mol. The van der Waals surface area contributed by atoms with E-state index in [9.17, 15) is 9.18 Å². The van der Waals surface area contributed by atoms with E-state index in [0.29, 0.717) is 11.4 Å². The Kier molecular flexibility index (Phi) is 3.56. The molecule has 1 unspecified atom stereocenters. The molecule has 2 rings (SSSR count). The number of hydrogen-bond donors (Lipinski definition) is 1. The second-order valence-corrected chi connectivity index (χ2v) is 4.48. The number of Topliss-reactive ketones (excluding diaryl/α,β-unsaturated/α-hetero) is 1. The van der Waals surface area contributed by atoms with Gasteiger partial charge in [-0.2, -0.15) is 0 Å². The van der Waals surface area contributed by atoms with Crippen molar-refractivity contribution in [3.8, 4) is 0 Å². The van der Waals surface area contributed by atoms with Crippen molar-refractivity contribution < 1.29 is 9.18 Å². The molecule has 1 fully saturated rings. The zero-order valence-electron chi connectivity index (χ0n) is 8.80. The molecule has 1 aromatic carbocycles. The first-order chi connectivity index (χ1) is 7.66. The quantitative estimate of drug-likeness (QED) is 0.825. The standard InChI is InChI=1S/C12H13ClFNO/c13-8-3-4-11(14)10(6-8)12(16)7-9-2-1-5-15-9/h3-4,6,9,15H,1-2,5,7H2. The van der Waals surface area contributed by atoms with Crippen LogP contribution in [0, 0.1) is 5.82 Å². The predicted octanol–water partition coefficient (Wildman–Crippen LogP) is 2.80. The Balaban J connectivity index is 2.10. The second-order valence-electron chi connectivity index (χ2n) is 4.04. The van der Waals surface area contributed by atoms with Crippen LogP contribution in [-0.2, 0) is 0 Å². The van der Waals surface area contributed by atoms with Crippen molar-refractivity contribution in [1.29, 1.82) is 0 Å². The van der Waals surface area contributed by atoms with Gasteiger partial charge in [-0.25, -0.2) is 4.39 Å². The van der Waals surface area contributed by atoms with Crippen molar-refractivity contribution in [3.05, 3.63) is 34.6 Å². The number of nitrogens with one attached hydrogen (secondary N) is 1. The summed E-state index contributed by atoms with van der Waals surface area (Å²) in [5.41, 5.74) is 0.0983. The van der Waals surface area contributed by atoms with Crippen molar-refractivity contribution in [2.45, 2.75) is 25.3 Å². The molecule has 1 N–H and O–H groups in total. The van der Waals surface area contributed by atoms with Gasteiger partial charge in [0.15, 0.2) is 5.78 Å². The van der Waals surface area contributed by atoms with Crippen LogP contribution in [0.1, 0.15) is 29.6 Å². The highest BCUT2D eigenvalue weighted by Crippen LogP contribution is 2.19. The van der Waals surface area contributed by atoms with Gasteiger partial charge in [0.1, 0.15) is 5.82 Å². The number of rotatable bonds is 3. The molecule has 1 atom stereocenters. The summed E-state index contributed by atoms with van der Waals surface area (Å²) in [6.45, 7) is 0.940. The highest BCUT2D eigenvalue weighted by Gasteiger charge is 2.20. The Morgan fingerprint density at radius 2 is 2.38 bits per heavy atom. The molecule has 0 aliphatic carbocycles. The van der Waals surface area contributed by atoms with Crippen LogP contribution in [0.15, 0.2) is 18.2 Å². The Bertz CT molecular complexity index is 402. The molecule has 86 valence electrons. The van der Waals surface area contributed by atoms with E-state index in [1.807, 2.05) is 0 Å². The average Bonchev–Trinajstić information content (AvgIpc) is 2.74. The lowest BCUT2D eigenvalue weighted by Gasteiger charge is -2.09. The normalized spacial score (nSPS) is 20.0. The SMILES string of the molecule is O=C(CC1CCCN1)c1cc(Cl)ccc1F. The van der Waals surface area contributed by atoms with Gasteiger partial charge < -0.3 is 5.32 Å². The molecule has 0 saturated carbocycles. The first kappa shape index (κ1) is 11.6. The van der Waals surface area contributed by atoms with Gasteiger partial charge in [-0.1, -0.05) is 11.6 Å². The number of ketones is 1. The Morgan fingerprint density at radius 3 is 3.06 bits per heavy atom. The van der Waals surface area contributed by atoms with Gasteiger partial charge in [0.05, 0.1) is 5.56 Å². The highest BCUT2D eigenvalue weighted by molar-refractivity contribution is 6.31. The van der Waals surface area contributed by atoms with Gasteiger partial charge in [0.2, 0.25) is 0 Å². The van der Waals surface area contributed by atoms with E-state index in [-0.39, 0.29) is 17.4 Å². The van der Waals surface area contributed by atoms with E-state index in [2.05, 4.69) is 5.32 Å². The average molecular weight is 242 g/mol. The van der Waals surface area contributed by atoms with Crippen molar-refractivity contribution >= 4 is 17.4 Å². The van der Waals surface area contributed by atoms with Crippen LogP contribution in [0.4, 0.5) is 4.39 Å². The maximum atomic E-state index is 13.4. The minimum Gasteiger partial charge on any atom is -0.314 e. The topological polar surface area (TPSA) is 29.1 Å². The fourth-order valence-corrected chi connectivity index (χ4v) is 2.15. The Labute approximate surface area is 98.8 Å². The number of carbonyl (C=O) groups is 1. The predicted molar refractivity (Wildman–Crippen MR) is 61.4 cm³/mol. The fourth-order valence-electron chi connectivity index (χ4n) is 1.98. The van der Waals surface area contributed by atoms with Gasteiger partial charge in [0, 0.05) is 17.5 Å². The Morgan fingerprint density at radius 1 is 1.56 bits per heavy atom. The lowest BCUT2D eigenvalue weighted by molar-refractivity contribution is 0.0968. The van der Waals surface area contributed by atoms with E-state index in [4.69, 9.17) is 11.6 Å². The lowest BCUT2D eigenvalue weighted by atomic mass is 10.0. The van der Waals surface area contributed by atoms with Crippen molar-refractivity contribution in [3.63, 3.8) is 0 Å². The minimum atomic E-state index is -0.493. The molecule has 1 saturated heterocycles. The van der Waals surface area contributed by atoms with Crippen LogP contribution in [0.3, 0.4) is 0 Å². The lowest BCUT2D eigenvalue weighted by Crippen LogP contribution is -2.24. The van der Waals surface area contributed by atoms with E-state index in [0.717, 1.165) is 19.4 Å². The summed E-state index contributed by atoms with van der Waals surface area (Å²) in [5.74, 6) is -0.674. The fraction of sp³-hybridized carbons (Fsp3) is 0.417. The van der Waals surface area contributed by atoms with Crippen LogP contribution in [0.2, 0.25) is 5.02 Å². The van der Waals surface area contributed by atoms with Crippen LogP contribution in [-0.4, -0.2) is 18.4 Å². The molecular weight excluding hydrogens is 229 g/mol. The van der Waals surface area contributed by atoms with Gasteiger partial charge >= 0.3 is 0 Å². The van der Waals surface area contributed by atoms with Gasteiger partial charge in [0.25, 0.3) is 0 Å². The first-order valence-corrected chi connectivity index (χ1v) is 5.76. The summed E-state index contributed by atoms with van der Waals surface area (Å²) in [6, 6.07) is 4.26. The van der Waals surface area contributed by atoms with Crippen molar-refractivity contribution in [1.82, 2.24) is 5.32 Å². The van der Waals surface area contributed by atoms with E-state index in [1.54, 1.807) is 0 Å². The zero-order chi connectivity index (χ0) is 11.5. The maximum absolute atomic E-state index is 13.4. The molecule has 4 heteroatoms. The molecule has 1 aliphatic rings. The number of halogens is 2. The van der Waals surface area contributed by atoms with Crippen molar-refractivity contribution in [2.75, 3.05) is 6.54 Å². The maximum Gasteiger partial charge on any atom is 0.167 e. The van der Waals surface area contributed by atoms with Crippen molar-refractivity contribution in [2.24, 2.45) is 0 Å². The number of benzene rings is 1. The van der Waals surface area contributed by atoms with Crippen LogP contribution >= 0.6 is 11.6 Å². The molecule has 0 radical (unpaired) electrons. The third-order valence-electron chi connectivity index (χ3n) is 2.82. The smallest absolute Gasteiger partial charge is 0.167 e. The molecule has 0 spiro atoms. The third-order valence-corrected chi connectivity index (χ3v) is 3.06. The van der Waals surface area contributed by atoms with Crippen LogP contribution < -0.4 is 5.32 Å². The third kappa shape index (κ3) is 2.60. The summed E-state index contributed by atoms with van der Waals surface area (Å²) in [7, 11) is 0. The summed E-state index contributed by atoms with van der Waals surface area (Å²) in [5, 5.41) is 3.61. The molecule has 0 bridgehead atoms. The van der Waals surface area contributed by atoms with Gasteiger partial charge in [-0.05, 0) is 37.6 Å². The summed E-state index contributed by atoms with van der Waals surface area (Å²) in [4.78, 5) is 11.8. The molecule has 0 aromatic heterocycles. The van der Waals surface area contributed by atoms with Crippen LogP contribution in [0.5, 0.6) is 0 Å². The molecule has 16 heavy (non-hydrogen) atoms. The number of carbonyl (C=O) groups excluding carboxylic acids is 1. The molecule has 1 heterocycles. The molecular formula is C12H13ClFNO. The Hall–Kier alpha value is -0.930. The van der Waals surface area contributed by atoms with Gasteiger partial charge in [-0.3, -0.25) is 4.79 Å². The van der Waals surface area contributed by atoms with E-state index in [1.165, 1.54) is 18.2 Å². The largest absolute Gasteiger partial charge is 0.314 e. The molecule has 1 aromatic rings. The number of hydrogen-bond acceptors (Lipinski definition) is 2. The minimum absolute atomic E-state index is 0.0983. The summed E-state index contributed by atoms with van der Waals surface area (Å²) >= 11 is 5.74. The molecule has 1 aliphatic heterocycles. The second kappa shape index (κ2) is 4.93. The molecule has 2 nitrogen and oxygen atoms in total. The first-order valence-electron chi connectivity index (χ1n) is 5.38. The molecule has 0 amide bonds. The summed E-state index contributed by atoms with van der Waals surface area (Å²) < 4.78 is 13.4. The van der Waals surface area contributed by atoms with Gasteiger partial charge in [-0.15, -0.1) is 0 Å². The summed E-state index contributed by atoms with van der Waals surface area (Å²) in [6.07, 6.45) is 2.40. The van der Waals surface area contributed by atoms with Crippen LogP contribution in [0.25, 0.3) is 0 Å². The zero-order valence-corrected chi connectivity index (χ0v) is 9.56. The van der Waals surface area contributed by atoms with E-state index < -0.39 is 5.82 Å².